The van der Waals surface area contributed by atoms with Gasteiger partial charge in [0.15, 0.2) is 5.60 Å². The summed E-state index contributed by atoms with van der Waals surface area (Å²) < 4.78 is 4.90. The second-order valence-electron chi connectivity index (χ2n) is 13.3. The van der Waals surface area contributed by atoms with Crippen LogP contribution in [0.4, 0.5) is 0 Å². The highest BCUT2D eigenvalue weighted by Gasteiger charge is 2.50. The summed E-state index contributed by atoms with van der Waals surface area (Å²) in [6, 6.07) is 0. The van der Waals surface area contributed by atoms with Crippen molar-refractivity contribution in [2.24, 2.45) is 11.8 Å². The highest BCUT2D eigenvalue weighted by molar-refractivity contribution is 5.93. The zero-order valence-corrected chi connectivity index (χ0v) is 28.4. The molecule has 0 fully saturated rings. The van der Waals surface area contributed by atoms with Crippen LogP contribution in [-0.2, 0) is 23.9 Å². The highest BCUT2D eigenvalue weighted by atomic mass is 16.6. The average Bonchev–Trinajstić information content (AvgIpc) is 2.95. The molecule has 2 unspecified atom stereocenters. The summed E-state index contributed by atoms with van der Waals surface area (Å²) in [5, 5.41) is 29.6. The zero-order chi connectivity index (χ0) is 33.1. The monoisotopic (exact) mass is 626 g/mol. The van der Waals surface area contributed by atoms with E-state index in [1.807, 2.05) is 0 Å². The fourth-order valence-corrected chi connectivity index (χ4v) is 5.79. The lowest BCUT2D eigenvalue weighted by Gasteiger charge is -2.29. The molecule has 0 aromatic carbocycles. The summed E-state index contributed by atoms with van der Waals surface area (Å²) in [5.74, 6) is -6.08. The van der Waals surface area contributed by atoms with Crippen molar-refractivity contribution in [3.8, 4) is 0 Å². The highest BCUT2D eigenvalue weighted by Crippen LogP contribution is 2.30. The van der Waals surface area contributed by atoms with Crippen molar-refractivity contribution in [1.29, 1.82) is 0 Å². The van der Waals surface area contributed by atoms with Gasteiger partial charge in [-0.25, -0.2) is 4.79 Å². The Balaban J connectivity index is 4.23. The largest absolute Gasteiger partial charge is 0.481 e. The first-order chi connectivity index (χ1) is 21.0. The van der Waals surface area contributed by atoms with Gasteiger partial charge < -0.3 is 20.1 Å². The maximum Gasteiger partial charge on any atom is 0.337 e. The van der Waals surface area contributed by atoms with Crippen LogP contribution < -0.4 is 0 Å². The first-order valence-corrected chi connectivity index (χ1v) is 18.0. The van der Waals surface area contributed by atoms with Gasteiger partial charge in [-0.15, -0.1) is 0 Å². The molecular weight excluding hydrogens is 560 g/mol. The normalized spacial score (nSPS) is 13.5. The summed E-state index contributed by atoms with van der Waals surface area (Å²) in [4.78, 5) is 48.1. The van der Waals surface area contributed by atoms with Crippen LogP contribution >= 0.6 is 0 Å². The Morgan fingerprint density at radius 2 is 0.977 bits per heavy atom. The van der Waals surface area contributed by atoms with Gasteiger partial charge in [0.1, 0.15) is 0 Å². The quantitative estimate of drug-likeness (QED) is 0.0393. The molecule has 0 radical (unpaired) electrons. The molecular formula is C36H66O8. The molecule has 8 heteroatoms. The molecule has 0 spiro atoms. The lowest BCUT2D eigenvalue weighted by molar-refractivity contribution is -0.184. The number of carboxylic acids is 2. The van der Waals surface area contributed by atoms with Gasteiger partial charge in [0, 0.05) is 6.42 Å². The Bertz CT molecular complexity index is 765. The van der Waals surface area contributed by atoms with E-state index in [-0.39, 0.29) is 12.8 Å². The number of aliphatic hydroxyl groups is 1. The molecule has 0 bridgehead atoms. The van der Waals surface area contributed by atoms with E-state index >= 15 is 0 Å². The van der Waals surface area contributed by atoms with Crippen LogP contribution in [0.2, 0.25) is 0 Å². The molecule has 0 amide bonds. The standard InChI is InChI=1S/C36H66O8/c1-4-5-6-20-25-28-33(39)44-34(40)31(36(43,35(41)42)29-32(37)38)27-24-22-19-17-15-13-11-9-7-8-10-12-14-16-18-21-23-26-30(2)3/h30-31,43H,4-29H2,1-3H3,(H,37,38)(H,41,42). The molecule has 0 heterocycles. The molecule has 0 aromatic heterocycles. The summed E-state index contributed by atoms with van der Waals surface area (Å²) in [6.07, 6.45) is 24.7. The van der Waals surface area contributed by atoms with Gasteiger partial charge in [0.25, 0.3) is 0 Å². The molecule has 3 N–H and O–H groups in total. The van der Waals surface area contributed by atoms with Gasteiger partial charge in [-0.05, 0) is 18.8 Å². The molecule has 0 saturated heterocycles. The Labute approximate surface area is 268 Å². The van der Waals surface area contributed by atoms with Gasteiger partial charge in [-0.3, -0.25) is 14.4 Å². The number of carbonyl (C=O) groups excluding carboxylic acids is 2. The third-order valence-corrected chi connectivity index (χ3v) is 8.63. The van der Waals surface area contributed by atoms with Gasteiger partial charge in [0.2, 0.25) is 0 Å². The van der Waals surface area contributed by atoms with E-state index in [1.165, 1.54) is 83.5 Å². The number of carbonyl (C=O) groups is 4. The van der Waals surface area contributed by atoms with Crippen molar-refractivity contribution in [3.05, 3.63) is 0 Å². The Hall–Kier alpha value is -1.96. The van der Waals surface area contributed by atoms with Crippen molar-refractivity contribution >= 4 is 23.9 Å². The van der Waals surface area contributed by atoms with E-state index in [0.717, 1.165) is 57.3 Å². The third-order valence-electron chi connectivity index (χ3n) is 8.63. The van der Waals surface area contributed by atoms with E-state index in [0.29, 0.717) is 12.8 Å². The van der Waals surface area contributed by atoms with E-state index in [2.05, 4.69) is 20.8 Å². The second-order valence-corrected chi connectivity index (χ2v) is 13.3. The van der Waals surface area contributed by atoms with Gasteiger partial charge >= 0.3 is 23.9 Å². The molecule has 0 aliphatic heterocycles. The number of carboxylic acid groups (broad SMARTS) is 2. The first kappa shape index (κ1) is 42.0. The summed E-state index contributed by atoms with van der Waals surface area (Å²) >= 11 is 0. The Morgan fingerprint density at radius 1 is 0.591 bits per heavy atom. The van der Waals surface area contributed by atoms with Crippen molar-refractivity contribution < 1.29 is 39.2 Å². The first-order valence-electron chi connectivity index (χ1n) is 18.0. The smallest absolute Gasteiger partial charge is 0.337 e. The number of hydrogen-bond donors (Lipinski definition) is 3. The van der Waals surface area contributed by atoms with Crippen LogP contribution in [0.1, 0.15) is 188 Å². The molecule has 44 heavy (non-hydrogen) atoms. The van der Waals surface area contributed by atoms with Crippen LogP contribution in [0.25, 0.3) is 0 Å². The SMILES string of the molecule is CCCCCCCC(=O)OC(=O)C(CCCCCCCCCCCCCCCCCCCC(C)C)C(O)(CC(=O)O)C(=O)O. The maximum absolute atomic E-state index is 12.8. The predicted octanol–water partition coefficient (Wildman–Crippen LogP) is 9.39. The van der Waals surface area contributed by atoms with Gasteiger partial charge in [-0.1, -0.05) is 162 Å². The fraction of sp³-hybridized carbons (Fsp3) is 0.889. The lowest BCUT2D eigenvalue weighted by Crippen LogP contribution is -2.51. The maximum atomic E-state index is 12.8. The summed E-state index contributed by atoms with van der Waals surface area (Å²) in [6.45, 7) is 6.67. The van der Waals surface area contributed by atoms with Crippen LogP contribution in [-0.4, -0.2) is 44.8 Å². The van der Waals surface area contributed by atoms with Crippen LogP contribution in [0.5, 0.6) is 0 Å². The van der Waals surface area contributed by atoms with E-state index in [4.69, 9.17) is 4.74 Å². The molecule has 258 valence electrons. The van der Waals surface area contributed by atoms with Crippen LogP contribution in [0, 0.1) is 11.8 Å². The topological polar surface area (TPSA) is 138 Å². The number of unbranched alkanes of at least 4 members (excludes halogenated alkanes) is 20. The molecule has 8 nitrogen and oxygen atoms in total. The van der Waals surface area contributed by atoms with Crippen molar-refractivity contribution in [1.82, 2.24) is 0 Å². The number of rotatable bonds is 31. The fourth-order valence-electron chi connectivity index (χ4n) is 5.79. The molecule has 2 atom stereocenters. The van der Waals surface area contributed by atoms with Crippen molar-refractivity contribution in [3.63, 3.8) is 0 Å². The predicted molar refractivity (Wildman–Crippen MR) is 175 cm³/mol. The van der Waals surface area contributed by atoms with Crippen molar-refractivity contribution in [2.75, 3.05) is 0 Å². The molecule has 0 aromatic rings. The molecule has 0 aliphatic rings. The third kappa shape index (κ3) is 22.5. The van der Waals surface area contributed by atoms with Crippen LogP contribution in [0.3, 0.4) is 0 Å². The van der Waals surface area contributed by atoms with Crippen molar-refractivity contribution in [2.45, 2.75) is 193 Å². The Kier molecular flexibility index (Phi) is 26.1. The number of ether oxygens (including phenoxy) is 1. The minimum absolute atomic E-state index is 0.0192. The van der Waals surface area contributed by atoms with Crippen LogP contribution in [0.15, 0.2) is 0 Å². The molecule has 0 saturated carbocycles. The average molecular weight is 627 g/mol. The van der Waals surface area contributed by atoms with E-state index in [9.17, 15) is 34.5 Å². The van der Waals surface area contributed by atoms with Gasteiger partial charge in [-0.2, -0.15) is 0 Å². The molecule has 0 aliphatic carbocycles. The minimum Gasteiger partial charge on any atom is -0.481 e. The Morgan fingerprint density at radius 3 is 1.36 bits per heavy atom. The second kappa shape index (κ2) is 27.4. The zero-order valence-electron chi connectivity index (χ0n) is 28.4. The number of esters is 2. The van der Waals surface area contributed by atoms with Gasteiger partial charge in [0.05, 0.1) is 12.3 Å². The minimum atomic E-state index is -2.84. The summed E-state index contributed by atoms with van der Waals surface area (Å²) in [5.41, 5.74) is -2.84. The van der Waals surface area contributed by atoms with E-state index in [1.54, 1.807) is 0 Å². The molecule has 0 rings (SSSR count). The van der Waals surface area contributed by atoms with E-state index < -0.39 is 41.8 Å². The number of hydrogen-bond acceptors (Lipinski definition) is 6. The summed E-state index contributed by atoms with van der Waals surface area (Å²) in [7, 11) is 0. The number of aliphatic carboxylic acids is 2. The lowest BCUT2D eigenvalue weighted by atomic mass is 9.81.